The minimum absolute atomic E-state index is 0.000246. The maximum absolute atomic E-state index is 13.9. The number of hydrogen-bond acceptors (Lipinski definition) is 9. The molecule has 1 N–H and O–H groups in total. The number of likely N-dealkylation sites (tertiary alicyclic amines) is 1. The highest BCUT2D eigenvalue weighted by Gasteiger charge is 2.37. The van der Waals surface area contributed by atoms with Gasteiger partial charge in [-0.3, -0.25) is 9.59 Å². The summed E-state index contributed by atoms with van der Waals surface area (Å²) in [5.74, 6) is -0.483. The molecule has 0 bridgehead atoms. The van der Waals surface area contributed by atoms with E-state index in [0.29, 0.717) is 48.2 Å². The SMILES string of the molecule is CCNc1ccc(Cl)cc1C(=O)N1CCCC[C@H]1c1cc2nc(N3C[C@@H](C#N)[C@@H](OC(=O)CCC(C)=O)C3)c(C)cn2n1. The minimum atomic E-state index is -0.609. The fourth-order valence-electron chi connectivity index (χ4n) is 5.87. The summed E-state index contributed by atoms with van der Waals surface area (Å²) >= 11 is 6.29. The molecule has 43 heavy (non-hydrogen) atoms. The predicted molar refractivity (Wildman–Crippen MR) is 162 cm³/mol. The highest BCUT2D eigenvalue weighted by atomic mass is 35.5. The summed E-state index contributed by atoms with van der Waals surface area (Å²) in [6.45, 7) is 7.33. The van der Waals surface area contributed by atoms with Gasteiger partial charge in [-0.2, -0.15) is 10.4 Å². The van der Waals surface area contributed by atoms with E-state index in [-0.39, 0.29) is 30.6 Å². The molecule has 1 amide bonds. The molecule has 0 unspecified atom stereocenters. The maximum atomic E-state index is 13.9. The first kappa shape index (κ1) is 30.3. The zero-order valence-electron chi connectivity index (χ0n) is 24.7. The van der Waals surface area contributed by atoms with Gasteiger partial charge in [0.05, 0.1) is 36.3 Å². The van der Waals surface area contributed by atoms with E-state index in [0.717, 1.165) is 36.2 Å². The number of esters is 1. The summed E-state index contributed by atoms with van der Waals surface area (Å²) in [5.41, 5.74) is 3.53. The lowest BCUT2D eigenvalue weighted by Crippen LogP contribution is -2.39. The predicted octanol–water partition coefficient (Wildman–Crippen LogP) is 4.73. The van der Waals surface area contributed by atoms with Gasteiger partial charge in [-0.1, -0.05) is 11.6 Å². The number of aromatic nitrogens is 3. The van der Waals surface area contributed by atoms with Crippen molar-refractivity contribution in [2.75, 3.05) is 36.4 Å². The molecular weight excluding hydrogens is 570 g/mol. The van der Waals surface area contributed by atoms with Crippen LogP contribution in [0.15, 0.2) is 30.5 Å². The van der Waals surface area contributed by atoms with Crippen LogP contribution in [0.2, 0.25) is 5.02 Å². The summed E-state index contributed by atoms with van der Waals surface area (Å²) in [6.07, 6.45) is 4.07. The standard InChI is InChI=1S/C31H36ClN7O4/c1-4-34-24-10-9-22(32)13-23(24)31(42)38-12-6-5-7-26(38)25-14-28-35-30(19(2)16-39(28)36-25)37-17-21(15-33)27(18-37)43-29(41)11-8-20(3)40/h9-10,13-14,16,21,26-27,34H,4-8,11-12,17-18H2,1-3H3/t21-,26+,27+/m1/s1. The number of amides is 1. The van der Waals surface area contributed by atoms with Crippen LogP contribution in [0.3, 0.4) is 0 Å². The number of nitriles is 1. The molecule has 0 radical (unpaired) electrons. The van der Waals surface area contributed by atoms with Gasteiger partial charge in [0.25, 0.3) is 5.91 Å². The second kappa shape index (κ2) is 13.0. The number of hydrogen-bond donors (Lipinski definition) is 1. The van der Waals surface area contributed by atoms with Crippen molar-refractivity contribution >= 4 is 46.4 Å². The van der Waals surface area contributed by atoms with Gasteiger partial charge in [-0.05, 0) is 58.2 Å². The van der Waals surface area contributed by atoms with E-state index in [2.05, 4.69) is 11.4 Å². The molecule has 1 aromatic carbocycles. The number of ether oxygens (including phenoxy) is 1. The van der Waals surface area contributed by atoms with E-state index in [1.807, 2.05) is 42.0 Å². The number of nitrogens with one attached hydrogen (secondary N) is 1. The van der Waals surface area contributed by atoms with Crippen molar-refractivity contribution in [2.45, 2.75) is 65.0 Å². The smallest absolute Gasteiger partial charge is 0.306 e. The van der Waals surface area contributed by atoms with Crippen LogP contribution < -0.4 is 10.2 Å². The molecule has 226 valence electrons. The maximum Gasteiger partial charge on any atom is 0.306 e. The summed E-state index contributed by atoms with van der Waals surface area (Å²) in [6, 6.07) is 9.28. The third-order valence-electron chi connectivity index (χ3n) is 8.00. The van der Waals surface area contributed by atoms with E-state index >= 15 is 0 Å². The average molecular weight is 606 g/mol. The first-order valence-corrected chi connectivity index (χ1v) is 15.1. The third-order valence-corrected chi connectivity index (χ3v) is 8.24. The lowest BCUT2D eigenvalue weighted by molar-refractivity contribution is -0.150. The van der Waals surface area contributed by atoms with Crippen LogP contribution in [0.5, 0.6) is 0 Å². The highest BCUT2D eigenvalue weighted by Crippen LogP contribution is 2.35. The number of piperidine rings is 1. The summed E-state index contributed by atoms with van der Waals surface area (Å²) in [7, 11) is 0. The van der Waals surface area contributed by atoms with Crippen LogP contribution in [0, 0.1) is 24.2 Å². The molecule has 0 spiro atoms. The van der Waals surface area contributed by atoms with E-state index in [1.165, 1.54) is 6.92 Å². The number of anilines is 2. The normalized spacial score (nSPS) is 20.2. The van der Waals surface area contributed by atoms with Crippen molar-refractivity contribution in [3.63, 3.8) is 0 Å². The van der Waals surface area contributed by atoms with Crippen molar-refractivity contribution in [1.82, 2.24) is 19.5 Å². The van der Waals surface area contributed by atoms with E-state index in [1.54, 1.807) is 16.6 Å². The molecule has 3 aromatic rings. The van der Waals surface area contributed by atoms with Crippen molar-refractivity contribution in [3.8, 4) is 6.07 Å². The fraction of sp³-hybridized carbons (Fsp3) is 0.484. The molecule has 2 aliphatic rings. The summed E-state index contributed by atoms with van der Waals surface area (Å²) < 4.78 is 7.31. The van der Waals surface area contributed by atoms with Crippen molar-refractivity contribution in [2.24, 2.45) is 5.92 Å². The van der Waals surface area contributed by atoms with Crippen molar-refractivity contribution in [3.05, 3.63) is 52.3 Å². The minimum Gasteiger partial charge on any atom is -0.459 e. The van der Waals surface area contributed by atoms with Gasteiger partial charge in [0.15, 0.2) is 5.65 Å². The topological polar surface area (TPSA) is 133 Å². The second-order valence-corrected chi connectivity index (χ2v) is 11.7. The molecule has 12 heteroatoms. The average Bonchev–Trinajstić information content (AvgIpc) is 3.59. The molecule has 5 rings (SSSR count). The Hall–Kier alpha value is -4.17. The molecule has 4 heterocycles. The van der Waals surface area contributed by atoms with Crippen LogP contribution in [-0.2, 0) is 14.3 Å². The first-order valence-electron chi connectivity index (χ1n) is 14.7. The molecular formula is C31H36ClN7O4. The molecule has 11 nitrogen and oxygen atoms in total. The van der Waals surface area contributed by atoms with Gasteiger partial charge in [-0.25, -0.2) is 9.50 Å². The molecule has 2 fully saturated rings. The lowest BCUT2D eigenvalue weighted by Gasteiger charge is -2.35. The van der Waals surface area contributed by atoms with Gasteiger partial charge in [0, 0.05) is 54.6 Å². The number of benzene rings is 1. The van der Waals surface area contributed by atoms with Crippen molar-refractivity contribution in [1.29, 1.82) is 5.26 Å². The molecule has 2 aromatic heterocycles. The van der Waals surface area contributed by atoms with Gasteiger partial charge in [-0.15, -0.1) is 0 Å². The zero-order valence-corrected chi connectivity index (χ0v) is 25.4. The Morgan fingerprint density at radius 2 is 2.00 bits per heavy atom. The number of aryl methyl sites for hydroxylation is 1. The van der Waals surface area contributed by atoms with Crippen LogP contribution in [0.4, 0.5) is 11.5 Å². The number of nitrogens with zero attached hydrogens (tertiary/aromatic N) is 6. The van der Waals surface area contributed by atoms with Gasteiger partial charge in [0.1, 0.15) is 23.6 Å². The molecule has 3 atom stereocenters. The summed E-state index contributed by atoms with van der Waals surface area (Å²) in [5, 5.41) is 18.3. The Labute approximate surface area is 255 Å². The summed E-state index contributed by atoms with van der Waals surface area (Å²) in [4.78, 5) is 46.1. The van der Waals surface area contributed by atoms with Crippen molar-refractivity contribution < 1.29 is 19.1 Å². The van der Waals surface area contributed by atoms with E-state index in [4.69, 9.17) is 26.4 Å². The van der Waals surface area contributed by atoms with Gasteiger partial charge >= 0.3 is 5.97 Å². The number of fused-ring (bicyclic) bond motifs is 1. The number of carbonyl (C=O) groups excluding carboxylic acids is 3. The first-order chi connectivity index (χ1) is 20.7. The number of Topliss-reactive ketones (excluding diaryl/α,β-unsaturated/α-hetero) is 1. The van der Waals surface area contributed by atoms with Gasteiger partial charge < -0.3 is 24.6 Å². The number of carbonyl (C=O) groups is 3. The Balaban J connectivity index is 1.38. The quantitative estimate of drug-likeness (QED) is 0.344. The third kappa shape index (κ3) is 6.59. The number of ketones is 1. The molecule has 2 saturated heterocycles. The van der Waals surface area contributed by atoms with E-state index in [9.17, 15) is 19.6 Å². The largest absolute Gasteiger partial charge is 0.459 e. The zero-order chi connectivity index (χ0) is 30.7. The van der Waals surface area contributed by atoms with Crippen LogP contribution >= 0.6 is 11.6 Å². The van der Waals surface area contributed by atoms with Crippen LogP contribution in [-0.4, -0.2) is 69.4 Å². The van der Waals surface area contributed by atoms with E-state index < -0.39 is 18.0 Å². The molecule has 2 aliphatic heterocycles. The molecule has 0 aliphatic carbocycles. The number of halogens is 1. The Morgan fingerprint density at radius 3 is 2.74 bits per heavy atom. The van der Waals surface area contributed by atoms with Crippen LogP contribution in [0.25, 0.3) is 5.65 Å². The van der Waals surface area contributed by atoms with Crippen LogP contribution in [0.1, 0.15) is 73.6 Å². The number of rotatable bonds is 9. The fourth-order valence-corrected chi connectivity index (χ4v) is 6.05. The Kier molecular flexibility index (Phi) is 9.16. The highest BCUT2D eigenvalue weighted by molar-refractivity contribution is 6.31. The molecule has 0 saturated carbocycles. The van der Waals surface area contributed by atoms with Gasteiger partial charge in [0.2, 0.25) is 0 Å². The second-order valence-electron chi connectivity index (χ2n) is 11.2. The monoisotopic (exact) mass is 605 g/mol. The Morgan fingerprint density at radius 1 is 1.19 bits per heavy atom. The lowest BCUT2D eigenvalue weighted by atomic mass is 9.98. The Bertz CT molecular complexity index is 1580.